The molecule has 0 radical (unpaired) electrons. The molecule has 5 heteroatoms. The lowest BCUT2D eigenvalue weighted by Gasteiger charge is -2.06. The Morgan fingerprint density at radius 1 is 1.30 bits per heavy atom. The lowest BCUT2D eigenvalue weighted by Crippen LogP contribution is -2.23. The second-order valence-electron chi connectivity index (χ2n) is 4.32. The summed E-state index contributed by atoms with van der Waals surface area (Å²) in [5.74, 6) is -0.265. The van der Waals surface area contributed by atoms with Crippen molar-refractivity contribution < 1.29 is 9.21 Å². The van der Waals surface area contributed by atoms with Crippen molar-refractivity contribution in [2.75, 3.05) is 0 Å². The van der Waals surface area contributed by atoms with Gasteiger partial charge in [-0.3, -0.25) is 4.79 Å². The van der Waals surface area contributed by atoms with Gasteiger partial charge in [0.05, 0.1) is 23.1 Å². The minimum absolute atomic E-state index is 0.265. The lowest BCUT2D eigenvalue weighted by molar-refractivity contribution is 0.0946. The van der Waals surface area contributed by atoms with Crippen LogP contribution in [0.1, 0.15) is 16.1 Å². The van der Waals surface area contributed by atoms with Crippen LogP contribution in [0.2, 0.25) is 5.02 Å². The van der Waals surface area contributed by atoms with Crippen molar-refractivity contribution >= 4 is 28.4 Å². The van der Waals surface area contributed by atoms with Crippen LogP contribution in [0.4, 0.5) is 0 Å². The lowest BCUT2D eigenvalue weighted by atomic mass is 10.2. The van der Waals surface area contributed by atoms with E-state index in [1.54, 1.807) is 24.7 Å². The van der Waals surface area contributed by atoms with Crippen molar-refractivity contribution in [2.24, 2.45) is 0 Å². The van der Waals surface area contributed by atoms with Crippen LogP contribution in [0, 0.1) is 0 Å². The molecule has 4 nitrogen and oxygen atoms in total. The first kappa shape index (κ1) is 12.7. The number of nitrogens with zero attached hydrogens (tertiary/aromatic N) is 1. The van der Waals surface area contributed by atoms with E-state index in [4.69, 9.17) is 16.0 Å². The molecule has 0 atom stereocenters. The molecule has 3 rings (SSSR count). The third-order valence-electron chi connectivity index (χ3n) is 2.93. The molecule has 0 unspecified atom stereocenters. The number of rotatable bonds is 3. The van der Waals surface area contributed by atoms with Gasteiger partial charge in [0.2, 0.25) is 0 Å². The van der Waals surface area contributed by atoms with Gasteiger partial charge in [-0.1, -0.05) is 29.8 Å². The summed E-state index contributed by atoms with van der Waals surface area (Å²) >= 11 is 6.17. The van der Waals surface area contributed by atoms with Crippen molar-refractivity contribution in [3.05, 3.63) is 65.2 Å². The van der Waals surface area contributed by atoms with Crippen LogP contribution < -0.4 is 5.32 Å². The average Bonchev–Trinajstić information content (AvgIpc) is 2.98. The van der Waals surface area contributed by atoms with Crippen molar-refractivity contribution in [1.82, 2.24) is 10.3 Å². The van der Waals surface area contributed by atoms with Crippen molar-refractivity contribution in [3.63, 3.8) is 0 Å². The molecule has 2 aromatic heterocycles. The highest BCUT2D eigenvalue weighted by molar-refractivity contribution is 6.35. The Kier molecular flexibility index (Phi) is 3.39. The first-order chi connectivity index (χ1) is 9.74. The molecule has 1 aromatic carbocycles. The van der Waals surface area contributed by atoms with E-state index in [0.29, 0.717) is 22.8 Å². The minimum Gasteiger partial charge on any atom is -0.472 e. The largest absolute Gasteiger partial charge is 0.472 e. The van der Waals surface area contributed by atoms with Gasteiger partial charge < -0.3 is 9.73 Å². The van der Waals surface area contributed by atoms with E-state index in [9.17, 15) is 4.79 Å². The highest BCUT2D eigenvalue weighted by Crippen LogP contribution is 2.22. The van der Waals surface area contributed by atoms with Gasteiger partial charge in [-0.2, -0.15) is 0 Å². The maximum Gasteiger partial charge on any atom is 0.270 e. The molecule has 1 amide bonds. The smallest absolute Gasteiger partial charge is 0.270 e. The number of furan rings is 1. The van der Waals surface area contributed by atoms with Gasteiger partial charge in [0, 0.05) is 17.5 Å². The van der Waals surface area contributed by atoms with E-state index in [1.165, 1.54) is 0 Å². The fourth-order valence-electron chi connectivity index (χ4n) is 1.92. The number of aromatic nitrogens is 1. The Morgan fingerprint density at radius 2 is 2.15 bits per heavy atom. The van der Waals surface area contributed by atoms with Crippen LogP contribution in [0.5, 0.6) is 0 Å². The molecule has 0 saturated heterocycles. The SMILES string of the molecule is O=C(NCc1ccoc1)c1cc(Cl)c2ccccc2n1. The molecule has 0 saturated carbocycles. The third-order valence-corrected chi connectivity index (χ3v) is 3.24. The normalized spacial score (nSPS) is 10.7. The molecule has 0 aliphatic carbocycles. The number of carbonyl (C=O) groups excluding carboxylic acids is 1. The van der Waals surface area contributed by atoms with E-state index in [0.717, 1.165) is 10.9 Å². The molecule has 0 aliphatic rings. The fourth-order valence-corrected chi connectivity index (χ4v) is 2.18. The van der Waals surface area contributed by atoms with E-state index >= 15 is 0 Å². The van der Waals surface area contributed by atoms with Crippen molar-refractivity contribution in [3.8, 4) is 0 Å². The van der Waals surface area contributed by atoms with Gasteiger partial charge in [-0.15, -0.1) is 0 Å². The van der Waals surface area contributed by atoms with Crippen molar-refractivity contribution in [1.29, 1.82) is 0 Å². The van der Waals surface area contributed by atoms with Crippen LogP contribution in [-0.2, 0) is 6.54 Å². The quantitative estimate of drug-likeness (QED) is 0.803. The molecule has 20 heavy (non-hydrogen) atoms. The summed E-state index contributed by atoms with van der Waals surface area (Å²) in [6.07, 6.45) is 3.15. The number of fused-ring (bicyclic) bond motifs is 1. The Bertz CT molecular complexity index is 754. The summed E-state index contributed by atoms with van der Waals surface area (Å²) in [6, 6.07) is 10.8. The summed E-state index contributed by atoms with van der Waals surface area (Å²) < 4.78 is 4.94. The van der Waals surface area contributed by atoms with Crippen LogP contribution in [0.3, 0.4) is 0 Å². The van der Waals surface area contributed by atoms with Gasteiger partial charge in [0.25, 0.3) is 5.91 Å². The van der Waals surface area contributed by atoms with E-state index < -0.39 is 0 Å². The number of para-hydroxylation sites is 1. The summed E-state index contributed by atoms with van der Waals surface area (Å²) in [6.45, 7) is 0.390. The number of carbonyl (C=O) groups is 1. The third kappa shape index (κ3) is 2.51. The Labute approximate surface area is 120 Å². The molecule has 3 aromatic rings. The molecule has 100 valence electrons. The average molecular weight is 287 g/mol. The predicted molar refractivity (Wildman–Crippen MR) is 76.6 cm³/mol. The molecule has 0 aliphatic heterocycles. The number of pyridine rings is 1. The summed E-state index contributed by atoms with van der Waals surface area (Å²) in [4.78, 5) is 16.4. The zero-order valence-corrected chi connectivity index (χ0v) is 11.2. The monoisotopic (exact) mass is 286 g/mol. The number of benzene rings is 1. The van der Waals surface area contributed by atoms with Gasteiger partial charge in [0.15, 0.2) is 0 Å². The van der Waals surface area contributed by atoms with Crippen molar-refractivity contribution in [2.45, 2.75) is 6.54 Å². The molecule has 0 bridgehead atoms. The van der Waals surface area contributed by atoms with Gasteiger partial charge in [0.1, 0.15) is 5.69 Å². The topological polar surface area (TPSA) is 55.1 Å². The van der Waals surface area contributed by atoms with Gasteiger partial charge >= 0.3 is 0 Å². The standard InChI is InChI=1S/C15H11ClN2O2/c16-12-7-14(18-13-4-2-1-3-11(12)13)15(19)17-8-10-5-6-20-9-10/h1-7,9H,8H2,(H,17,19). The van der Waals surface area contributed by atoms with Crippen LogP contribution >= 0.6 is 11.6 Å². The number of nitrogens with one attached hydrogen (secondary N) is 1. The molecule has 0 spiro atoms. The maximum absolute atomic E-state index is 12.1. The molecule has 0 fully saturated rings. The number of hydrogen-bond acceptors (Lipinski definition) is 3. The number of amides is 1. The highest BCUT2D eigenvalue weighted by Gasteiger charge is 2.11. The maximum atomic E-state index is 12.1. The zero-order chi connectivity index (χ0) is 13.9. The summed E-state index contributed by atoms with van der Waals surface area (Å²) in [5, 5.41) is 4.12. The fraction of sp³-hybridized carbons (Fsp3) is 0.0667. The first-order valence-corrected chi connectivity index (χ1v) is 6.46. The number of halogens is 1. The Morgan fingerprint density at radius 3 is 2.95 bits per heavy atom. The van der Waals surface area contributed by atoms with E-state index in [1.807, 2.05) is 24.3 Å². The van der Waals surface area contributed by atoms with E-state index in [2.05, 4.69) is 10.3 Å². The van der Waals surface area contributed by atoms with E-state index in [-0.39, 0.29) is 5.91 Å². The first-order valence-electron chi connectivity index (χ1n) is 6.08. The van der Waals surface area contributed by atoms with Crippen LogP contribution in [0.25, 0.3) is 10.9 Å². The predicted octanol–water partition coefficient (Wildman–Crippen LogP) is 3.41. The minimum atomic E-state index is -0.265. The Balaban J connectivity index is 1.84. The van der Waals surface area contributed by atoms with Crippen LogP contribution in [0.15, 0.2) is 53.3 Å². The van der Waals surface area contributed by atoms with Gasteiger partial charge in [-0.05, 0) is 18.2 Å². The second kappa shape index (κ2) is 5.35. The number of hydrogen-bond donors (Lipinski definition) is 1. The summed E-state index contributed by atoms with van der Waals surface area (Å²) in [5.41, 5.74) is 1.90. The van der Waals surface area contributed by atoms with Gasteiger partial charge in [-0.25, -0.2) is 4.98 Å². The summed E-state index contributed by atoms with van der Waals surface area (Å²) in [7, 11) is 0. The van der Waals surface area contributed by atoms with Crippen LogP contribution in [-0.4, -0.2) is 10.9 Å². The highest BCUT2D eigenvalue weighted by atomic mass is 35.5. The second-order valence-corrected chi connectivity index (χ2v) is 4.73. The molecule has 2 heterocycles. The molecular formula is C15H11ClN2O2. The Hall–Kier alpha value is -2.33. The molecule has 1 N–H and O–H groups in total. The molecular weight excluding hydrogens is 276 g/mol. The zero-order valence-electron chi connectivity index (χ0n) is 10.5.